The van der Waals surface area contributed by atoms with Crippen molar-refractivity contribution in [3.63, 3.8) is 0 Å². The van der Waals surface area contributed by atoms with Crippen LogP contribution in [0.3, 0.4) is 0 Å². The molecule has 8 nitrogen and oxygen atoms in total. The number of hydrogen-bond donors (Lipinski definition) is 0. The number of anilines is 1. The number of halogens is 1. The molecule has 3 aromatic rings. The molecule has 0 saturated carbocycles. The van der Waals surface area contributed by atoms with Crippen molar-refractivity contribution in [1.82, 2.24) is 19.1 Å². The molecule has 2 fully saturated rings. The Morgan fingerprint density at radius 2 is 1.89 bits per heavy atom. The van der Waals surface area contributed by atoms with E-state index in [-0.39, 0.29) is 10.7 Å². The van der Waals surface area contributed by atoms with Gasteiger partial charge in [-0.2, -0.15) is 9.40 Å². The summed E-state index contributed by atoms with van der Waals surface area (Å²) in [4.78, 5) is 6.78. The van der Waals surface area contributed by atoms with Crippen LogP contribution in [0.4, 0.5) is 10.2 Å². The van der Waals surface area contributed by atoms with Crippen LogP contribution < -0.4 is 4.90 Å². The molecule has 2 aromatic heterocycles. The Morgan fingerprint density at radius 3 is 2.57 bits per heavy atom. The molecule has 10 heteroatoms. The molecule has 1 aliphatic carbocycles. The third-order valence-corrected chi connectivity index (χ3v) is 9.54. The van der Waals surface area contributed by atoms with Crippen LogP contribution in [-0.2, 0) is 21.2 Å². The van der Waals surface area contributed by atoms with Crippen LogP contribution in [0.2, 0.25) is 0 Å². The van der Waals surface area contributed by atoms with E-state index in [4.69, 9.17) is 4.74 Å². The fourth-order valence-corrected chi connectivity index (χ4v) is 6.99. The van der Waals surface area contributed by atoms with Crippen molar-refractivity contribution < 1.29 is 17.5 Å². The third kappa shape index (κ3) is 4.26. The minimum Gasteiger partial charge on any atom is -0.381 e. The van der Waals surface area contributed by atoms with Gasteiger partial charge in [0.25, 0.3) is 0 Å². The lowest BCUT2D eigenvalue weighted by molar-refractivity contribution is 0.0477. The van der Waals surface area contributed by atoms with Gasteiger partial charge in [-0.3, -0.25) is 0 Å². The van der Waals surface area contributed by atoms with Gasteiger partial charge in [0.2, 0.25) is 10.0 Å². The second kappa shape index (κ2) is 9.34. The second-order valence-corrected chi connectivity index (χ2v) is 11.9. The number of nitrogens with zero attached hydrogens (tertiary/aromatic N) is 5. The second-order valence-electron chi connectivity index (χ2n) is 9.99. The SMILES string of the molecule is CCOC[C@]12Cc3cnn(-c4ccc(F)cc4)c3C=C1CCN(S(=O)(=O)c1ccc(N3CCC3)nc1)C2. The molecule has 0 spiro atoms. The van der Waals surface area contributed by atoms with Gasteiger partial charge in [0.1, 0.15) is 16.5 Å². The van der Waals surface area contributed by atoms with Gasteiger partial charge in [0.15, 0.2) is 0 Å². The predicted molar refractivity (Wildman–Crippen MR) is 139 cm³/mol. The highest BCUT2D eigenvalue weighted by Crippen LogP contribution is 2.45. The molecule has 2 saturated heterocycles. The standard InChI is InChI=1S/C27H30FN5O3S/c1-2-36-19-27-15-20-16-30-33(23-6-4-22(28)5-7-23)25(20)14-21(27)10-13-32(18-27)37(34,35)24-8-9-26(29-17-24)31-11-3-12-31/h4-9,14,16-17H,2-3,10-13,15,18-19H2,1H3/t27-/m1/s1. The zero-order chi connectivity index (χ0) is 25.6. The van der Waals surface area contributed by atoms with Crippen molar-refractivity contribution in [2.75, 3.05) is 44.3 Å². The van der Waals surface area contributed by atoms with Crippen LogP contribution in [0.25, 0.3) is 11.8 Å². The topological polar surface area (TPSA) is 80.6 Å². The number of ether oxygens (including phenoxy) is 1. The summed E-state index contributed by atoms with van der Waals surface area (Å²) < 4.78 is 50.1. The third-order valence-electron chi connectivity index (χ3n) is 7.71. The Kier molecular flexibility index (Phi) is 6.13. The van der Waals surface area contributed by atoms with Gasteiger partial charge in [0, 0.05) is 44.4 Å². The van der Waals surface area contributed by atoms with Crippen molar-refractivity contribution in [3.8, 4) is 5.69 Å². The lowest BCUT2D eigenvalue weighted by atomic mass is 9.69. The molecule has 3 aliphatic rings. The molecule has 4 heterocycles. The number of aromatic nitrogens is 3. The lowest BCUT2D eigenvalue weighted by Gasteiger charge is -2.45. The Bertz CT molecular complexity index is 1430. The van der Waals surface area contributed by atoms with Crippen molar-refractivity contribution in [2.45, 2.75) is 31.1 Å². The van der Waals surface area contributed by atoms with Crippen molar-refractivity contribution in [2.24, 2.45) is 5.41 Å². The highest BCUT2D eigenvalue weighted by molar-refractivity contribution is 7.89. The number of pyridine rings is 1. The first kappa shape index (κ1) is 24.3. The average molecular weight is 524 g/mol. The first-order valence-corrected chi connectivity index (χ1v) is 14.2. The van der Waals surface area contributed by atoms with Crippen LogP contribution in [0, 0.1) is 11.2 Å². The summed E-state index contributed by atoms with van der Waals surface area (Å²) in [5.41, 5.74) is 3.44. The fourth-order valence-electron chi connectivity index (χ4n) is 5.52. The summed E-state index contributed by atoms with van der Waals surface area (Å²) in [6.45, 7) is 5.55. The van der Waals surface area contributed by atoms with Crippen molar-refractivity contribution >= 4 is 21.9 Å². The summed E-state index contributed by atoms with van der Waals surface area (Å²) >= 11 is 0. The molecule has 0 radical (unpaired) electrons. The quantitative estimate of drug-likeness (QED) is 0.470. The van der Waals surface area contributed by atoms with Gasteiger partial charge in [-0.1, -0.05) is 5.57 Å². The molecule has 6 rings (SSSR count). The van der Waals surface area contributed by atoms with Gasteiger partial charge < -0.3 is 9.64 Å². The van der Waals surface area contributed by atoms with E-state index in [1.54, 1.807) is 28.6 Å². The van der Waals surface area contributed by atoms with Crippen LogP contribution in [-0.4, -0.2) is 66.9 Å². The molecule has 0 unspecified atom stereocenters. The molecule has 0 amide bonds. The van der Waals surface area contributed by atoms with E-state index in [9.17, 15) is 12.8 Å². The number of fused-ring (bicyclic) bond motifs is 2. The zero-order valence-electron chi connectivity index (χ0n) is 20.8. The minimum atomic E-state index is -3.71. The molecular weight excluding hydrogens is 493 g/mol. The average Bonchev–Trinajstić information content (AvgIpc) is 3.27. The van der Waals surface area contributed by atoms with E-state index in [1.807, 2.05) is 17.8 Å². The fraction of sp³-hybridized carbons (Fsp3) is 0.407. The number of benzene rings is 1. The smallest absolute Gasteiger partial charge is 0.244 e. The molecule has 37 heavy (non-hydrogen) atoms. The summed E-state index contributed by atoms with van der Waals surface area (Å²) in [6.07, 6.45) is 7.79. The van der Waals surface area contributed by atoms with E-state index in [2.05, 4.69) is 21.1 Å². The summed E-state index contributed by atoms with van der Waals surface area (Å²) in [5, 5.41) is 4.58. The normalized spacial score (nSPS) is 21.7. The van der Waals surface area contributed by atoms with Crippen molar-refractivity contribution in [3.05, 3.63) is 71.4 Å². The lowest BCUT2D eigenvalue weighted by Crippen LogP contribution is -2.51. The van der Waals surface area contributed by atoms with Crippen molar-refractivity contribution in [1.29, 1.82) is 0 Å². The Hall–Kier alpha value is -3.08. The molecular formula is C27H30FN5O3S. The molecule has 1 aromatic carbocycles. The van der Waals surface area contributed by atoms with Crippen LogP contribution in [0.15, 0.2) is 59.3 Å². The number of hydrogen-bond acceptors (Lipinski definition) is 6. The molecule has 2 aliphatic heterocycles. The van der Waals surface area contributed by atoms with Crippen LogP contribution in [0.1, 0.15) is 31.0 Å². The first-order chi connectivity index (χ1) is 17.9. The number of rotatable bonds is 7. The van der Waals surface area contributed by atoms with E-state index in [1.165, 1.54) is 18.3 Å². The van der Waals surface area contributed by atoms with E-state index in [0.29, 0.717) is 39.1 Å². The molecule has 0 N–H and O–H groups in total. The molecule has 1 atom stereocenters. The largest absolute Gasteiger partial charge is 0.381 e. The van der Waals surface area contributed by atoms with Gasteiger partial charge in [-0.25, -0.2) is 22.5 Å². The monoisotopic (exact) mass is 523 g/mol. The van der Waals surface area contributed by atoms with Gasteiger partial charge in [-0.05, 0) is 74.2 Å². The highest BCUT2D eigenvalue weighted by Gasteiger charge is 2.46. The summed E-state index contributed by atoms with van der Waals surface area (Å²) in [7, 11) is -3.71. The predicted octanol–water partition coefficient (Wildman–Crippen LogP) is 3.67. The van der Waals surface area contributed by atoms with E-state index < -0.39 is 15.4 Å². The molecule has 0 bridgehead atoms. The van der Waals surface area contributed by atoms with Crippen LogP contribution >= 0.6 is 0 Å². The maximum Gasteiger partial charge on any atom is 0.244 e. The Balaban J connectivity index is 1.30. The highest BCUT2D eigenvalue weighted by atomic mass is 32.2. The Labute approximate surface area is 216 Å². The van der Waals surface area contributed by atoms with Gasteiger partial charge >= 0.3 is 0 Å². The van der Waals surface area contributed by atoms with E-state index >= 15 is 0 Å². The van der Waals surface area contributed by atoms with Gasteiger partial charge in [0.05, 0.1) is 24.2 Å². The maximum absolute atomic E-state index is 13.7. The first-order valence-electron chi connectivity index (χ1n) is 12.7. The molecule has 194 valence electrons. The van der Waals surface area contributed by atoms with Gasteiger partial charge in [-0.15, -0.1) is 0 Å². The summed E-state index contributed by atoms with van der Waals surface area (Å²) in [6, 6.07) is 9.73. The number of piperidine rings is 1. The summed E-state index contributed by atoms with van der Waals surface area (Å²) in [5.74, 6) is 0.526. The van der Waals surface area contributed by atoms with E-state index in [0.717, 1.165) is 47.8 Å². The minimum absolute atomic E-state index is 0.219. The maximum atomic E-state index is 13.7. The van der Waals surface area contributed by atoms with Crippen LogP contribution in [0.5, 0.6) is 0 Å². The Morgan fingerprint density at radius 1 is 1.08 bits per heavy atom. The zero-order valence-corrected chi connectivity index (χ0v) is 21.6. The number of sulfonamides is 1.